The van der Waals surface area contributed by atoms with Crippen LogP contribution >= 0.6 is 11.8 Å². The Kier molecular flexibility index (Phi) is 3.84. The van der Waals surface area contributed by atoms with Gasteiger partial charge in [-0.25, -0.2) is 0 Å². The molecule has 0 unspecified atom stereocenters. The lowest BCUT2D eigenvalue weighted by molar-refractivity contribution is 0.318. The highest BCUT2D eigenvalue weighted by atomic mass is 32.2. The molecule has 0 saturated heterocycles. The molecule has 0 aliphatic rings. The van der Waals surface area contributed by atoms with Gasteiger partial charge in [0.05, 0.1) is 0 Å². The summed E-state index contributed by atoms with van der Waals surface area (Å²) in [7, 11) is 0. The van der Waals surface area contributed by atoms with Gasteiger partial charge in [-0.1, -0.05) is 34.6 Å². The van der Waals surface area contributed by atoms with Crippen LogP contribution in [0.4, 0.5) is 0 Å². The largest absolute Gasteiger partial charge is 0.409 e. The number of nitrogens with zero attached hydrogens (tertiary/aromatic N) is 2. The highest BCUT2D eigenvalue weighted by Crippen LogP contribution is 2.28. The number of amidine groups is 1. The molecule has 0 saturated carbocycles. The number of pyridine rings is 1. The summed E-state index contributed by atoms with van der Waals surface area (Å²) >= 11 is 1.61. The molecule has 2 aromatic rings. The van der Waals surface area contributed by atoms with Crippen molar-refractivity contribution in [3.05, 3.63) is 53.9 Å². The van der Waals surface area contributed by atoms with Gasteiger partial charge in [0, 0.05) is 16.0 Å². The van der Waals surface area contributed by atoms with Crippen LogP contribution in [0.25, 0.3) is 0 Å². The minimum absolute atomic E-state index is 0.0155. The number of hydrogen-bond acceptors (Lipinski definition) is 4. The topological polar surface area (TPSA) is 71.5 Å². The predicted octanol–water partition coefficient (Wildman–Crippen LogP) is 2.64. The molecular formula is C13H13N3OS. The monoisotopic (exact) mass is 259 g/mol. The van der Waals surface area contributed by atoms with Crippen molar-refractivity contribution in [3.63, 3.8) is 0 Å². The summed E-state index contributed by atoms with van der Waals surface area (Å²) in [6.45, 7) is 2.05. The normalized spacial score (nSPS) is 11.5. The summed E-state index contributed by atoms with van der Waals surface area (Å²) in [5, 5.41) is 11.6. The lowest BCUT2D eigenvalue weighted by Gasteiger charge is -2.04. The van der Waals surface area contributed by atoms with Crippen molar-refractivity contribution in [2.45, 2.75) is 16.7 Å². The third-order valence-corrected chi connectivity index (χ3v) is 3.31. The maximum Gasteiger partial charge on any atom is 0.188 e. The van der Waals surface area contributed by atoms with E-state index in [0.717, 1.165) is 9.79 Å². The highest BCUT2D eigenvalue weighted by molar-refractivity contribution is 7.99. The van der Waals surface area contributed by atoms with E-state index in [9.17, 15) is 0 Å². The van der Waals surface area contributed by atoms with Crippen LogP contribution in [0.5, 0.6) is 0 Å². The second-order valence-corrected chi connectivity index (χ2v) is 4.93. The molecule has 0 atom stereocenters. The number of rotatable bonds is 3. The Labute approximate surface area is 110 Å². The number of hydrogen-bond donors (Lipinski definition) is 2. The number of oxime groups is 1. The number of aromatic nitrogens is 1. The van der Waals surface area contributed by atoms with Gasteiger partial charge >= 0.3 is 0 Å². The number of aryl methyl sites for hydroxylation is 1. The van der Waals surface area contributed by atoms with E-state index in [2.05, 4.69) is 29.2 Å². The van der Waals surface area contributed by atoms with Crippen molar-refractivity contribution in [1.82, 2.24) is 4.98 Å². The van der Waals surface area contributed by atoms with E-state index in [0.29, 0.717) is 5.69 Å². The molecule has 0 amide bonds. The van der Waals surface area contributed by atoms with E-state index in [1.165, 1.54) is 5.56 Å². The molecule has 1 aromatic heterocycles. The molecule has 5 heteroatoms. The van der Waals surface area contributed by atoms with E-state index in [-0.39, 0.29) is 5.84 Å². The molecule has 0 aliphatic heterocycles. The minimum atomic E-state index is 0.0155. The first kappa shape index (κ1) is 12.4. The predicted molar refractivity (Wildman–Crippen MR) is 72.0 cm³/mol. The molecule has 3 N–H and O–H groups in total. The van der Waals surface area contributed by atoms with E-state index in [1.807, 2.05) is 18.2 Å². The standard InChI is InChI=1S/C13H13N3OS/c1-9-3-2-4-10(7-9)18-11-5-6-15-12(8-11)13(14)16-17/h2-8,17H,1H3,(H2,14,16). The SMILES string of the molecule is Cc1cccc(Sc2ccnc(C(N)=NO)c2)c1. The fourth-order valence-corrected chi connectivity index (χ4v) is 2.44. The maximum absolute atomic E-state index is 8.62. The molecular weight excluding hydrogens is 246 g/mol. The maximum atomic E-state index is 8.62. The molecule has 92 valence electrons. The Morgan fingerprint density at radius 2 is 2.06 bits per heavy atom. The number of nitrogens with two attached hydrogens (primary N) is 1. The second-order valence-electron chi connectivity index (χ2n) is 3.78. The summed E-state index contributed by atoms with van der Waals surface area (Å²) in [6, 6.07) is 11.9. The van der Waals surface area contributed by atoms with Gasteiger partial charge in [0.2, 0.25) is 0 Å². The van der Waals surface area contributed by atoms with E-state index >= 15 is 0 Å². The molecule has 1 heterocycles. The van der Waals surface area contributed by atoms with E-state index < -0.39 is 0 Å². The van der Waals surface area contributed by atoms with Gasteiger partial charge in [-0.15, -0.1) is 0 Å². The zero-order valence-electron chi connectivity index (χ0n) is 9.87. The average molecular weight is 259 g/mol. The molecule has 2 rings (SSSR count). The molecule has 4 nitrogen and oxygen atoms in total. The molecule has 18 heavy (non-hydrogen) atoms. The van der Waals surface area contributed by atoms with Crippen LogP contribution < -0.4 is 5.73 Å². The Balaban J connectivity index is 2.24. The van der Waals surface area contributed by atoms with Gasteiger partial charge in [0.15, 0.2) is 5.84 Å². The first-order chi connectivity index (χ1) is 8.69. The zero-order valence-corrected chi connectivity index (χ0v) is 10.7. The smallest absolute Gasteiger partial charge is 0.188 e. The van der Waals surface area contributed by atoms with Crippen LogP contribution in [-0.4, -0.2) is 16.0 Å². The lowest BCUT2D eigenvalue weighted by atomic mass is 10.2. The summed E-state index contributed by atoms with van der Waals surface area (Å²) in [5.74, 6) is 0.0155. The summed E-state index contributed by atoms with van der Waals surface area (Å²) in [5.41, 5.74) is 7.19. The Hall–Kier alpha value is -2.01. The fraction of sp³-hybridized carbons (Fsp3) is 0.0769. The Morgan fingerprint density at radius 3 is 2.78 bits per heavy atom. The zero-order chi connectivity index (χ0) is 13.0. The number of benzene rings is 1. The van der Waals surface area contributed by atoms with E-state index in [1.54, 1.807) is 24.0 Å². The van der Waals surface area contributed by atoms with Crippen LogP contribution in [-0.2, 0) is 0 Å². The van der Waals surface area contributed by atoms with Gasteiger partial charge in [0.25, 0.3) is 0 Å². The summed E-state index contributed by atoms with van der Waals surface area (Å²) in [4.78, 5) is 6.18. The molecule has 0 aliphatic carbocycles. The first-order valence-electron chi connectivity index (χ1n) is 5.37. The molecule has 1 aromatic carbocycles. The van der Waals surface area contributed by atoms with Gasteiger partial charge in [-0.3, -0.25) is 4.98 Å². The summed E-state index contributed by atoms with van der Waals surface area (Å²) < 4.78 is 0. The van der Waals surface area contributed by atoms with Gasteiger partial charge in [-0.05, 0) is 31.2 Å². The van der Waals surface area contributed by atoms with Gasteiger partial charge in [-0.2, -0.15) is 0 Å². The van der Waals surface area contributed by atoms with Crippen molar-refractivity contribution >= 4 is 17.6 Å². The van der Waals surface area contributed by atoms with Crippen molar-refractivity contribution in [1.29, 1.82) is 0 Å². The Bertz CT molecular complexity index is 584. The van der Waals surface area contributed by atoms with Gasteiger partial charge < -0.3 is 10.9 Å². The fourth-order valence-electron chi connectivity index (χ4n) is 1.48. The van der Waals surface area contributed by atoms with Crippen LogP contribution in [0.2, 0.25) is 0 Å². The third-order valence-electron chi connectivity index (χ3n) is 2.33. The average Bonchev–Trinajstić information content (AvgIpc) is 2.38. The van der Waals surface area contributed by atoms with Crippen LogP contribution in [0.15, 0.2) is 57.5 Å². The third kappa shape index (κ3) is 3.01. The molecule has 0 radical (unpaired) electrons. The molecule has 0 fully saturated rings. The second kappa shape index (κ2) is 5.55. The van der Waals surface area contributed by atoms with Crippen molar-refractivity contribution in [2.75, 3.05) is 0 Å². The van der Waals surface area contributed by atoms with Crippen LogP contribution in [0.3, 0.4) is 0 Å². The Morgan fingerprint density at radius 1 is 1.28 bits per heavy atom. The van der Waals surface area contributed by atoms with Gasteiger partial charge in [0.1, 0.15) is 5.69 Å². The van der Waals surface area contributed by atoms with Crippen molar-refractivity contribution in [3.8, 4) is 0 Å². The minimum Gasteiger partial charge on any atom is -0.409 e. The van der Waals surface area contributed by atoms with Crippen molar-refractivity contribution in [2.24, 2.45) is 10.9 Å². The first-order valence-corrected chi connectivity index (χ1v) is 6.19. The quantitative estimate of drug-likeness (QED) is 0.385. The van der Waals surface area contributed by atoms with Crippen molar-refractivity contribution < 1.29 is 5.21 Å². The van der Waals surface area contributed by atoms with Crippen LogP contribution in [0, 0.1) is 6.92 Å². The molecule has 0 bridgehead atoms. The van der Waals surface area contributed by atoms with Crippen LogP contribution in [0.1, 0.15) is 11.3 Å². The van der Waals surface area contributed by atoms with E-state index in [4.69, 9.17) is 10.9 Å². The summed E-state index contributed by atoms with van der Waals surface area (Å²) in [6.07, 6.45) is 1.64. The highest BCUT2D eigenvalue weighted by Gasteiger charge is 2.03. The lowest BCUT2D eigenvalue weighted by Crippen LogP contribution is -2.14. The molecule has 0 spiro atoms.